The number of likely N-dealkylation sites (N-methyl/N-ethyl adjacent to an activating group) is 1. The smallest absolute Gasteiger partial charge is 0.255 e. The zero-order valence-electron chi connectivity index (χ0n) is 15.0. The van der Waals surface area contributed by atoms with Gasteiger partial charge in [-0.25, -0.2) is 0 Å². The first-order chi connectivity index (χ1) is 13.1. The summed E-state index contributed by atoms with van der Waals surface area (Å²) < 4.78 is 5.65. The highest BCUT2D eigenvalue weighted by molar-refractivity contribution is 7.99. The summed E-state index contributed by atoms with van der Waals surface area (Å²) in [6.45, 7) is 0.787. The van der Waals surface area contributed by atoms with Gasteiger partial charge in [0, 0.05) is 23.4 Å². The Labute approximate surface area is 168 Å². The van der Waals surface area contributed by atoms with Gasteiger partial charge < -0.3 is 14.5 Å². The van der Waals surface area contributed by atoms with Crippen molar-refractivity contribution in [3.05, 3.63) is 65.2 Å². The number of hydrogen-bond acceptors (Lipinski definition) is 4. The second-order valence-corrected chi connectivity index (χ2v) is 7.66. The van der Waals surface area contributed by atoms with Gasteiger partial charge in [0.2, 0.25) is 5.91 Å². The molecule has 0 spiro atoms. The van der Waals surface area contributed by atoms with E-state index in [-0.39, 0.29) is 11.8 Å². The van der Waals surface area contributed by atoms with Gasteiger partial charge >= 0.3 is 0 Å². The van der Waals surface area contributed by atoms with Gasteiger partial charge in [-0.05, 0) is 30.3 Å². The Morgan fingerprint density at radius 1 is 1.22 bits per heavy atom. The van der Waals surface area contributed by atoms with Gasteiger partial charge in [0.25, 0.3) is 5.91 Å². The second-order valence-electron chi connectivity index (χ2n) is 6.22. The SMILES string of the molecule is CN(CCOc1cccc(Cl)c1)C(=O)C1CSCN1C(=O)c1ccccc1. The lowest BCUT2D eigenvalue weighted by Gasteiger charge is -2.27. The van der Waals surface area contributed by atoms with Gasteiger partial charge in [-0.3, -0.25) is 9.59 Å². The molecule has 3 rings (SSSR count). The molecule has 1 heterocycles. The molecule has 5 nitrogen and oxygen atoms in total. The molecular formula is C20H21ClN2O3S. The van der Waals surface area contributed by atoms with E-state index < -0.39 is 6.04 Å². The lowest BCUT2D eigenvalue weighted by molar-refractivity contribution is -0.133. The third kappa shape index (κ3) is 4.96. The molecular weight excluding hydrogens is 384 g/mol. The van der Waals surface area contributed by atoms with Crippen molar-refractivity contribution >= 4 is 35.2 Å². The summed E-state index contributed by atoms with van der Waals surface area (Å²) in [5.41, 5.74) is 0.602. The van der Waals surface area contributed by atoms with Crippen LogP contribution in [0.1, 0.15) is 10.4 Å². The average molecular weight is 405 g/mol. The minimum Gasteiger partial charge on any atom is -0.492 e. The number of amides is 2. The Morgan fingerprint density at radius 3 is 2.74 bits per heavy atom. The van der Waals surface area contributed by atoms with E-state index in [4.69, 9.17) is 16.3 Å². The molecule has 142 valence electrons. The summed E-state index contributed by atoms with van der Waals surface area (Å²) in [7, 11) is 1.73. The Kier molecular flexibility index (Phi) is 6.63. The fraction of sp³-hybridized carbons (Fsp3) is 0.300. The molecule has 1 saturated heterocycles. The first-order valence-corrected chi connectivity index (χ1v) is 10.2. The van der Waals surface area contributed by atoms with Crippen LogP contribution >= 0.6 is 23.4 Å². The Bertz CT molecular complexity index is 803. The van der Waals surface area contributed by atoms with E-state index in [9.17, 15) is 9.59 Å². The van der Waals surface area contributed by atoms with Crippen LogP contribution in [0.3, 0.4) is 0 Å². The Morgan fingerprint density at radius 2 is 2.00 bits per heavy atom. The van der Waals surface area contributed by atoms with Crippen LogP contribution in [0.15, 0.2) is 54.6 Å². The number of benzene rings is 2. The highest BCUT2D eigenvalue weighted by atomic mass is 35.5. The number of carbonyl (C=O) groups is 2. The van der Waals surface area contributed by atoms with Gasteiger partial charge in [0.15, 0.2) is 0 Å². The lowest BCUT2D eigenvalue weighted by Crippen LogP contribution is -2.48. The highest BCUT2D eigenvalue weighted by Gasteiger charge is 2.36. The summed E-state index contributed by atoms with van der Waals surface area (Å²) >= 11 is 7.53. The summed E-state index contributed by atoms with van der Waals surface area (Å²) in [4.78, 5) is 28.8. The minimum absolute atomic E-state index is 0.0704. The van der Waals surface area contributed by atoms with Crippen molar-refractivity contribution in [2.24, 2.45) is 0 Å². The third-order valence-electron chi connectivity index (χ3n) is 4.32. The molecule has 2 aromatic rings. The molecule has 0 saturated carbocycles. The second kappa shape index (κ2) is 9.15. The van der Waals surface area contributed by atoms with Crippen LogP contribution in [0, 0.1) is 0 Å². The van der Waals surface area contributed by atoms with E-state index >= 15 is 0 Å². The van der Waals surface area contributed by atoms with Gasteiger partial charge in [0.1, 0.15) is 18.4 Å². The largest absolute Gasteiger partial charge is 0.492 e. The number of hydrogen-bond donors (Lipinski definition) is 0. The van der Waals surface area contributed by atoms with Crippen molar-refractivity contribution in [1.82, 2.24) is 9.80 Å². The Hall–Kier alpha value is -2.18. The van der Waals surface area contributed by atoms with Gasteiger partial charge in [0.05, 0.1) is 12.4 Å². The number of halogens is 1. The monoisotopic (exact) mass is 404 g/mol. The topological polar surface area (TPSA) is 49.9 Å². The molecule has 1 unspecified atom stereocenters. The molecule has 2 amide bonds. The fourth-order valence-corrected chi connectivity index (χ4v) is 4.14. The molecule has 7 heteroatoms. The number of thioether (sulfide) groups is 1. The van der Waals surface area contributed by atoms with E-state index in [1.165, 1.54) is 0 Å². The molecule has 2 aromatic carbocycles. The van der Waals surface area contributed by atoms with E-state index in [0.717, 1.165) is 0 Å². The van der Waals surface area contributed by atoms with Crippen molar-refractivity contribution in [3.8, 4) is 5.75 Å². The maximum atomic E-state index is 12.8. The van der Waals surface area contributed by atoms with E-state index in [0.29, 0.717) is 41.1 Å². The number of ether oxygens (including phenoxy) is 1. The summed E-state index contributed by atoms with van der Waals surface area (Å²) in [5, 5.41) is 0.606. The molecule has 0 aliphatic carbocycles. The molecule has 0 bridgehead atoms. The molecule has 1 aliphatic heterocycles. The fourth-order valence-electron chi connectivity index (χ4n) is 2.82. The van der Waals surface area contributed by atoms with Crippen LogP contribution in [-0.2, 0) is 4.79 Å². The average Bonchev–Trinajstić information content (AvgIpc) is 3.17. The van der Waals surface area contributed by atoms with Gasteiger partial charge in [-0.1, -0.05) is 35.9 Å². The van der Waals surface area contributed by atoms with Crippen LogP contribution < -0.4 is 4.74 Å². The first kappa shape index (κ1) is 19.6. The van der Waals surface area contributed by atoms with Crippen LogP contribution in [0.25, 0.3) is 0 Å². The summed E-state index contributed by atoms with van der Waals surface area (Å²) in [5.74, 6) is 1.62. The summed E-state index contributed by atoms with van der Waals surface area (Å²) in [6.07, 6.45) is 0. The van der Waals surface area contributed by atoms with Crippen molar-refractivity contribution in [3.63, 3.8) is 0 Å². The lowest BCUT2D eigenvalue weighted by atomic mass is 10.1. The zero-order chi connectivity index (χ0) is 19.2. The molecule has 0 N–H and O–H groups in total. The van der Waals surface area contributed by atoms with Crippen LogP contribution in [-0.4, -0.2) is 59.5 Å². The Balaban J connectivity index is 1.56. The van der Waals surface area contributed by atoms with Gasteiger partial charge in [-0.15, -0.1) is 11.8 Å². The third-order valence-corrected chi connectivity index (χ3v) is 5.56. The van der Waals surface area contributed by atoms with Crippen LogP contribution in [0.5, 0.6) is 5.75 Å². The van der Waals surface area contributed by atoms with Crippen molar-refractivity contribution in [2.75, 3.05) is 31.8 Å². The zero-order valence-corrected chi connectivity index (χ0v) is 16.6. The quantitative estimate of drug-likeness (QED) is 0.740. The van der Waals surface area contributed by atoms with Crippen molar-refractivity contribution in [1.29, 1.82) is 0 Å². The maximum Gasteiger partial charge on any atom is 0.255 e. The van der Waals surface area contributed by atoms with Crippen LogP contribution in [0.2, 0.25) is 5.02 Å². The molecule has 0 aromatic heterocycles. The molecule has 1 aliphatic rings. The first-order valence-electron chi connectivity index (χ1n) is 8.63. The number of carbonyl (C=O) groups excluding carboxylic acids is 2. The molecule has 1 atom stereocenters. The van der Waals surface area contributed by atoms with E-state index in [2.05, 4.69) is 0 Å². The van der Waals surface area contributed by atoms with E-state index in [1.54, 1.807) is 52.9 Å². The van der Waals surface area contributed by atoms with Crippen molar-refractivity contribution < 1.29 is 14.3 Å². The molecule has 27 heavy (non-hydrogen) atoms. The van der Waals surface area contributed by atoms with Crippen LogP contribution in [0.4, 0.5) is 0 Å². The number of nitrogens with zero attached hydrogens (tertiary/aromatic N) is 2. The predicted molar refractivity (Wildman–Crippen MR) is 108 cm³/mol. The summed E-state index contributed by atoms with van der Waals surface area (Å²) in [6, 6.07) is 15.8. The molecule has 1 fully saturated rings. The van der Waals surface area contributed by atoms with Gasteiger partial charge in [-0.2, -0.15) is 0 Å². The maximum absolute atomic E-state index is 12.8. The number of rotatable bonds is 6. The molecule has 0 radical (unpaired) electrons. The predicted octanol–water partition coefficient (Wildman–Crippen LogP) is 3.39. The normalized spacial score (nSPS) is 16.2. The standard InChI is InChI=1S/C20H21ClN2O3S/c1-22(10-11-26-17-9-5-8-16(21)12-17)20(25)18-13-27-14-23(18)19(24)15-6-3-2-4-7-15/h2-9,12,18H,10-11,13-14H2,1H3. The minimum atomic E-state index is -0.445. The van der Waals surface area contributed by atoms with E-state index in [1.807, 2.05) is 30.3 Å². The van der Waals surface area contributed by atoms with Crippen molar-refractivity contribution in [2.45, 2.75) is 6.04 Å². The highest BCUT2D eigenvalue weighted by Crippen LogP contribution is 2.24.